The molecule has 0 bridgehead atoms. The number of aromatic carboxylic acids is 1. The van der Waals surface area contributed by atoms with Crippen LogP contribution in [0, 0.1) is 0 Å². The topological polar surface area (TPSA) is 92.3 Å². The average molecular weight is 497 g/mol. The highest BCUT2D eigenvalue weighted by atomic mass is 35.5. The Morgan fingerprint density at radius 2 is 2.00 bits per heavy atom. The fourth-order valence-electron chi connectivity index (χ4n) is 3.32. The number of rotatable bonds is 8. The minimum absolute atomic E-state index is 0.102. The van der Waals surface area contributed by atoms with Crippen LogP contribution in [0.4, 0.5) is 5.69 Å². The van der Waals surface area contributed by atoms with Gasteiger partial charge >= 0.3 is 5.97 Å². The van der Waals surface area contributed by atoms with Crippen LogP contribution >= 0.6 is 23.4 Å². The van der Waals surface area contributed by atoms with E-state index in [1.807, 2.05) is 30.3 Å². The molecule has 1 N–H and O–H groups in total. The zero-order chi connectivity index (χ0) is 24.1. The van der Waals surface area contributed by atoms with Gasteiger partial charge in [-0.3, -0.25) is 9.69 Å². The molecule has 0 atom stereocenters. The Morgan fingerprint density at radius 1 is 1.21 bits per heavy atom. The monoisotopic (exact) mass is 496 g/mol. The van der Waals surface area contributed by atoms with Crippen LogP contribution in [0.15, 0.2) is 75.0 Å². The van der Waals surface area contributed by atoms with Crippen molar-refractivity contribution in [3.8, 4) is 11.3 Å². The van der Waals surface area contributed by atoms with Crippen molar-refractivity contribution in [1.82, 2.24) is 4.90 Å². The minimum Gasteiger partial charge on any atom is -0.478 e. The summed E-state index contributed by atoms with van der Waals surface area (Å²) in [7, 11) is 1.62. The summed E-state index contributed by atoms with van der Waals surface area (Å²) < 4.78 is 11.0. The summed E-state index contributed by atoms with van der Waals surface area (Å²) in [5, 5.41) is 10.2. The molecule has 2 aromatic carbocycles. The Hall–Kier alpha value is -3.33. The van der Waals surface area contributed by atoms with Gasteiger partial charge < -0.3 is 14.3 Å². The maximum Gasteiger partial charge on any atom is 0.335 e. The first kappa shape index (κ1) is 23.8. The number of para-hydroxylation sites is 1. The number of thioether (sulfide) groups is 1. The number of furan rings is 1. The number of methoxy groups -OCH3 is 1. The maximum absolute atomic E-state index is 13.1. The summed E-state index contributed by atoms with van der Waals surface area (Å²) >= 11 is 7.53. The van der Waals surface area contributed by atoms with Crippen LogP contribution in [0.3, 0.4) is 0 Å². The van der Waals surface area contributed by atoms with E-state index in [-0.39, 0.29) is 11.5 Å². The molecule has 0 saturated carbocycles. The molecule has 1 fully saturated rings. The van der Waals surface area contributed by atoms with Gasteiger partial charge in [0.15, 0.2) is 5.17 Å². The first-order chi connectivity index (χ1) is 16.5. The fraction of sp³-hybridized carbons (Fsp3) is 0.160. The molecule has 2 heterocycles. The number of carboxylic acid groups (broad SMARTS) is 1. The van der Waals surface area contributed by atoms with Gasteiger partial charge in [0.05, 0.1) is 21.2 Å². The summed E-state index contributed by atoms with van der Waals surface area (Å²) in [6.45, 7) is 1.01. The smallest absolute Gasteiger partial charge is 0.335 e. The number of ether oxygens (including phenoxy) is 1. The summed E-state index contributed by atoms with van der Waals surface area (Å²) in [6, 6.07) is 17.2. The van der Waals surface area contributed by atoms with Gasteiger partial charge in [-0.25, -0.2) is 9.79 Å². The van der Waals surface area contributed by atoms with Crippen molar-refractivity contribution in [2.45, 2.75) is 6.42 Å². The van der Waals surface area contributed by atoms with Crippen LogP contribution in [0.5, 0.6) is 0 Å². The van der Waals surface area contributed by atoms with E-state index in [2.05, 4.69) is 4.99 Å². The fourth-order valence-corrected chi connectivity index (χ4v) is 4.54. The molecule has 1 aliphatic rings. The van der Waals surface area contributed by atoms with Crippen molar-refractivity contribution >= 4 is 52.2 Å². The number of nitrogens with zero attached hydrogens (tertiary/aromatic N) is 2. The second-order valence-electron chi connectivity index (χ2n) is 7.35. The third kappa shape index (κ3) is 5.41. The van der Waals surface area contributed by atoms with Crippen molar-refractivity contribution < 1.29 is 23.8 Å². The Kier molecular flexibility index (Phi) is 7.52. The van der Waals surface area contributed by atoms with Gasteiger partial charge in [-0.15, -0.1) is 0 Å². The molecule has 1 aliphatic heterocycles. The molecular formula is C25H21ClN2O5S. The summed E-state index contributed by atoms with van der Waals surface area (Å²) in [6.07, 6.45) is 2.33. The highest BCUT2D eigenvalue weighted by molar-refractivity contribution is 8.18. The highest BCUT2D eigenvalue weighted by Crippen LogP contribution is 2.36. The quantitative estimate of drug-likeness (QED) is 0.306. The zero-order valence-corrected chi connectivity index (χ0v) is 19.8. The van der Waals surface area contributed by atoms with Crippen LogP contribution in [-0.2, 0) is 9.53 Å². The molecule has 1 saturated heterocycles. The third-order valence-electron chi connectivity index (χ3n) is 4.98. The van der Waals surface area contributed by atoms with Crippen LogP contribution in [0.2, 0.25) is 5.02 Å². The maximum atomic E-state index is 13.1. The summed E-state index contributed by atoms with van der Waals surface area (Å²) in [4.78, 5) is 31.2. The van der Waals surface area contributed by atoms with Gasteiger partial charge in [-0.1, -0.05) is 29.8 Å². The number of hydrogen-bond donors (Lipinski definition) is 1. The van der Waals surface area contributed by atoms with Crippen molar-refractivity contribution in [1.29, 1.82) is 0 Å². The van der Waals surface area contributed by atoms with E-state index in [1.54, 1.807) is 30.2 Å². The van der Waals surface area contributed by atoms with E-state index in [4.69, 9.17) is 20.8 Å². The Balaban J connectivity index is 1.62. The number of amides is 1. The van der Waals surface area contributed by atoms with Gasteiger partial charge in [0.1, 0.15) is 11.5 Å². The first-order valence-corrected chi connectivity index (χ1v) is 11.6. The molecule has 0 spiro atoms. The van der Waals surface area contributed by atoms with E-state index in [1.165, 1.54) is 30.0 Å². The Labute approximate surface area is 205 Å². The van der Waals surface area contributed by atoms with Crippen molar-refractivity contribution in [3.05, 3.63) is 81.9 Å². The molecular weight excluding hydrogens is 476 g/mol. The number of carbonyl (C=O) groups excluding carboxylic acids is 1. The molecule has 1 amide bonds. The van der Waals surface area contributed by atoms with E-state index < -0.39 is 5.97 Å². The molecule has 3 aromatic rings. The number of benzene rings is 2. The lowest BCUT2D eigenvalue weighted by Crippen LogP contribution is -2.30. The lowest BCUT2D eigenvalue weighted by molar-refractivity contribution is -0.122. The lowest BCUT2D eigenvalue weighted by Gasteiger charge is -2.15. The number of carbonyl (C=O) groups is 2. The van der Waals surface area contributed by atoms with Gasteiger partial charge in [-0.2, -0.15) is 0 Å². The van der Waals surface area contributed by atoms with Crippen LogP contribution < -0.4 is 0 Å². The Morgan fingerprint density at radius 3 is 2.74 bits per heavy atom. The van der Waals surface area contributed by atoms with Crippen molar-refractivity contribution in [2.75, 3.05) is 20.3 Å². The summed E-state index contributed by atoms with van der Waals surface area (Å²) in [5.74, 6) is -0.371. The lowest BCUT2D eigenvalue weighted by atomic mass is 10.1. The molecule has 1 aromatic heterocycles. The SMILES string of the molecule is COCCCN1C(=O)/C(=C/c2ccc(-c3cc(C(=O)O)ccc3Cl)o2)SC1=Nc1ccccc1. The van der Waals surface area contributed by atoms with Gasteiger partial charge in [0.25, 0.3) is 5.91 Å². The number of carboxylic acids is 1. The summed E-state index contributed by atoms with van der Waals surface area (Å²) in [5.41, 5.74) is 1.32. The highest BCUT2D eigenvalue weighted by Gasteiger charge is 2.33. The average Bonchev–Trinajstić information content (AvgIpc) is 3.40. The van der Waals surface area contributed by atoms with E-state index >= 15 is 0 Å². The minimum atomic E-state index is -1.06. The Bertz CT molecular complexity index is 1270. The third-order valence-corrected chi connectivity index (χ3v) is 6.31. The van der Waals surface area contributed by atoms with Crippen molar-refractivity contribution in [2.24, 2.45) is 4.99 Å². The zero-order valence-electron chi connectivity index (χ0n) is 18.2. The number of halogens is 1. The van der Waals surface area contributed by atoms with Gasteiger partial charge in [0.2, 0.25) is 0 Å². The van der Waals surface area contributed by atoms with Crippen LogP contribution in [-0.4, -0.2) is 47.3 Å². The predicted octanol–water partition coefficient (Wildman–Crippen LogP) is 5.94. The molecule has 0 radical (unpaired) electrons. The second-order valence-corrected chi connectivity index (χ2v) is 8.76. The number of hydrogen-bond acceptors (Lipinski definition) is 6. The van der Waals surface area contributed by atoms with Crippen LogP contribution in [0.1, 0.15) is 22.5 Å². The van der Waals surface area contributed by atoms with Crippen molar-refractivity contribution in [3.63, 3.8) is 0 Å². The van der Waals surface area contributed by atoms with Gasteiger partial charge in [-0.05, 0) is 60.6 Å². The normalized spacial score (nSPS) is 16.1. The van der Waals surface area contributed by atoms with E-state index in [0.717, 1.165) is 5.69 Å². The number of amidine groups is 1. The molecule has 7 nitrogen and oxygen atoms in total. The molecule has 0 aliphatic carbocycles. The van der Waals surface area contributed by atoms with Gasteiger partial charge in [0, 0.05) is 31.9 Å². The predicted molar refractivity (Wildman–Crippen MR) is 133 cm³/mol. The molecule has 34 heavy (non-hydrogen) atoms. The molecule has 9 heteroatoms. The molecule has 4 rings (SSSR count). The van der Waals surface area contributed by atoms with E-state index in [0.29, 0.717) is 51.8 Å². The molecule has 174 valence electrons. The van der Waals surface area contributed by atoms with Crippen LogP contribution in [0.25, 0.3) is 17.4 Å². The standard InChI is InChI=1S/C25H21ClN2O5S/c1-32-13-5-12-28-23(29)22(34-25(28)27-17-6-3-2-4-7-17)15-18-9-11-21(33-18)19-14-16(24(30)31)8-10-20(19)26/h2-4,6-11,14-15H,5,12-13H2,1H3,(H,30,31)/b22-15-,27-25?. The molecule has 0 unspecified atom stereocenters. The van der Waals surface area contributed by atoms with E-state index in [9.17, 15) is 14.7 Å². The first-order valence-electron chi connectivity index (χ1n) is 10.4. The second kappa shape index (κ2) is 10.7. The largest absolute Gasteiger partial charge is 0.478 e. The number of aliphatic imine (C=N–C) groups is 1.